The molecule has 4 heteroatoms. The molecule has 1 aliphatic heterocycles. The van der Waals surface area contributed by atoms with E-state index in [-0.39, 0.29) is 6.04 Å². The summed E-state index contributed by atoms with van der Waals surface area (Å²) in [6.07, 6.45) is 0.648. The monoisotopic (exact) mass is 414 g/mol. The van der Waals surface area contributed by atoms with Crippen LogP contribution in [0.4, 0.5) is 0 Å². The first-order chi connectivity index (χ1) is 12.5. The molecule has 1 fully saturated rings. The highest BCUT2D eigenvalue weighted by Crippen LogP contribution is 2.30. The molecular formula is C22H27BrN2O. The Morgan fingerprint density at radius 2 is 1.50 bits per heavy atom. The third-order valence-corrected chi connectivity index (χ3v) is 5.44. The highest BCUT2D eigenvalue weighted by molar-refractivity contribution is 9.10. The molecule has 1 heterocycles. The van der Waals surface area contributed by atoms with Gasteiger partial charge in [-0.15, -0.1) is 0 Å². The number of halogens is 1. The van der Waals surface area contributed by atoms with Crippen molar-refractivity contribution in [3.8, 4) is 0 Å². The van der Waals surface area contributed by atoms with E-state index >= 15 is 0 Å². The van der Waals surface area contributed by atoms with E-state index in [0.717, 1.165) is 30.7 Å². The molecule has 0 aromatic heterocycles. The maximum Gasteiger partial charge on any atom is 0.222 e. The van der Waals surface area contributed by atoms with Crippen molar-refractivity contribution in [3.05, 3.63) is 70.2 Å². The van der Waals surface area contributed by atoms with Gasteiger partial charge in [0.2, 0.25) is 5.91 Å². The van der Waals surface area contributed by atoms with Crippen molar-refractivity contribution < 1.29 is 4.79 Å². The number of hydrogen-bond donors (Lipinski definition) is 0. The highest BCUT2D eigenvalue weighted by Gasteiger charge is 2.28. The molecule has 0 aliphatic carbocycles. The second kappa shape index (κ2) is 8.83. The smallest absolute Gasteiger partial charge is 0.222 e. The molecule has 1 aliphatic rings. The summed E-state index contributed by atoms with van der Waals surface area (Å²) in [7, 11) is 0. The molecule has 0 saturated carbocycles. The summed E-state index contributed by atoms with van der Waals surface area (Å²) in [5.41, 5.74) is 2.60. The summed E-state index contributed by atoms with van der Waals surface area (Å²) < 4.78 is 1.09. The number of benzene rings is 2. The Morgan fingerprint density at radius 3 is 2.08 bits per heavy atom. The Morgan fingerprint density at radius 1 is 0.923 bits per heavy atom. The van der Waals surface area contributed by atoms with E-state index in [2.05, 4.69) is 89.3 Å². The standard InChI is InChI=1S/C22H27BrN2O/c1-17(2)16-21(26)24-12-14-25(15-13-24)22(18-6-4-3-5-7-18)19-8-10-20(23)11-9-19/h3-11,17,22H,12-16H2,1-2H3/t22-/m0/s1. The Balaban J connectivity index is 1.77. The van der Waals surface area contributed by atoms with E-state index in [1.165, 1.54) is 11.1 Å². The number of rotatable bonds is 5. The lowest BCUT2D eigenvalue weighted by Gasteiger charge is -2.40. The zero-order valence-corrected chi connectivity index (χ0v) is 17.2. The topological polar surface area (TPSA) is 23.6 Å². The van der Waals surface area contributed by atoms with Crippen molar-refractivity contribution in [1.29, 1.82) is 0 Å². The van der Waals surface area contributed by atoms with Crippen LogP contribution >= 0.6 is 15.9 Å². The molecule has 26 heavy (non-hydrogen) atoms. The van der Waals surface area contributed by atoms with Crippen molar-refractivity contribution in [2.24, 2.45) is 5.92 Å². The first kappa shape index (κ1) is 19.1. The van der Waals surface area contributed by atoms with Crippen LogP contribution in [0, 0.1) is 5.92 Å². The average molecular weight is 415 g/mol. The van der Waals surface area contributed by atoms with Gasteiger partial charge < -0.3 is 4.90 Å². The molecule has 3 nitrogen and oxygen atoms in total. The molecule has 0 radical (unpaired) electrons. The fourth-order valence-electron chi connectivity index (χ4n) is 3.60. The molecule has 1 amide bonds. The summed E-state index contributed by atoms with van der Waals surface area (Å²) in [6.45, 7) is 7.63. The van der Waals surface area contributed by atoms with Crippen LogP contribution in [-0.2, 0) is 4.79 Å². The third-order valence-electron chi connectivity index (χ3n) is 4.92. The number of nitrogens with zero attached hydrogens (tertiary/aromatic N) is 2. The van der Waals surface area contributed by atoms with E-state index in [0.29, 0.717) is 18.2 Å². The van der Waals surface area contributed by atoms with Crippen molar-refractivity contribution in [2.45, 2.75) is 26.3 Å². The molecule has 1 saturated heterocycles. The first-order valence-electron chi connectivity index (χ1n) is 9.37. The summed E-state index contributed by atoms with van der Waals surface area (Å²) >= 11 is 3.53. The molecular weight excluding hydrogens is 388 g/mol. The number of hydrogen-bond acceptors (Lipinski definition) is 2. The van der Waals surface area contributed by atoms with Crippen LogP contribution in [0.5, 0.6) is 0 Å². The molecule has 138 valence electrons. The fraction of sp³-hybridized carbons (Fsp3) is 0.409. The number of carbonyl (C=O) groups excluding carboxylic acids is 1. The Hall–Kier alpha value is -1.65. The van der Waals surface area contributed by atoms with E-state index in [4.69, 9.17) is 0 Å². The molecule has 0 N–H and O–H groups in total. The Labute approximate surface area is 165 Å². The lowest BCUT2D eigenvalue weighted by molar-refractivity contribution is -0.133. The van der Waals surface area contributed by atoms with Crippen LogP contribution in [0.25, 0.3) is 0 Å². The van der Waals surface area contributed by atoms with Crippen molar-refractivity contribution >= 4 is 21.8 Å². The Kier molecular flexibility index (Phi) is 6.49. The van der Waals surface area contributed by atoms with Crippen molar-refractivity contribution in [3.63, 3.8) is 0 Å². The maximum absolute atomic E-state index is 12.4. The largest absolute Gasteiger partial charge is 0.340 e. The van der Waals surface area contributed by atoms with E-state index < -0.39 is 0 Å². The van der Waals surface area contributed by atoms with Crippen LogP contribution < -0.4 is 0 Å². The Bertz CT molecular complexity index is 707. The van der Waals surface area contributed by atoms with Crippen LogP contribution in [0.15, 0.2) is 59.1 Å². The summed E-state index contributed by atoms with van der Waals surface area (Å²) in [6, 6.07) is 19.5. The SMILES string of the molecule is CC(C)CC(=O)N1CCN([C@@H](c2ccccc2)c2ccc(Br)cc2)CC1. The second-order valence-corrected chi connectivity index (χ2v) is 8.30. The number of amides is 1. The number of piperazine rings is 1. The quantitative estimate of drug-likeness (QED) is 0.705. The van der Waals surface area contributed by atoms with Crippen LogP contribution in [0.1, 0.15) is 37.4 Å². The number of carbonyl (C=O) groups is 1. The van der Waals surface area contributed by atoms with Gasteiger partial charge in [0.1, 0.15) is 0 Å². The maximum atomic E-state index is 12.4. The van der Waals surface area contributed by atoms with Crippen LogP contribution in [0.2, 0.25) is 0 Å². The van der Waals surface area contributed by atoms with Gasteiger partial charge in [-0.05, 0) is 29.2 Å². The van der Waals surface area contributed by atoms with Gasteiger partial charge in [-0.3, -0.25) is 9.69 Å². The minimum absolute atomic E-state index is 0.228. The molecule has 2 aromatic rings. The van der Waals surface area contributed by atoms with E-state index in [1.807, 2.05) is 4.90 Å². The van der Waals surface area contributed by atoms with Crippen LogP contribution in [0.3, 0.4) is 0 Å². The van der Waals surface area contributed by atoms with Gasteiger partial charge in [-0.1, -0.05) is 72.2 Å². The van der Waals surface area contributed by atoms with Gasteiger partial charge in [-0.2, -0.15) is 0 Å². The summed E-state index contributed by atoms with van der Waals surface area (Å²) in [5.74, 6) is 0.708. The molecule has 0 spiro atoms. The molecule has 1 atom stereocenters. The van der Waals surface area contributed by atoms with Gasteiger partial charge in [0, 0.05) is 37.1 Å². The van der Waals surface area contributed by atoms with Crippen LogP contribution in [-0.4, -0.2) is 41.9 Å². The third kappa shape index (κ3) is 4.74. The summed E-state index contributed by atoms with van der Waals surface area (Å²) in [4.78, 5) is 16.9. The molecule has 2 aromatic carbocycles. The van der Waals surface area contributed by atoms with Gasteiger partial charge in [0.25, 0.3) is 0 Å². The highest BCUT2D eigenvalue weighted by atomic mass is 79.9. The first-order valence-corrected chi connectivity index (χ1v) is 10.2. The zero-order chi connectivity index (χ0) is 18.5. The van der Waals surface area contributed by atoms with Gasteiger partial charge in [0.15, 0.2) is 0 Å². The predicted octanol–water partition coefficient (Wildman–Crippen LogP) is 4.73. The lowest BCUT2D eigenvalue weighted by Crippen LogP contribution is -2.50. The molecule has 0 unspecified atom stereocenters. The zero-order valence-electron chi connectivity index (χ0n) is 15.6. The van der Waals surface area contributed by atoms with E-state index in [1.54, 1.807) is 0 Å². The minimum Gasteiger partial charge on any atom is -0.340 e. The lowest BCUT2D eigenvalue weighted by atomic mass is 9.96. The predicted molar refractivity (Wildman–Crippen MR) is 110 cm³/mol. The van der Waals surface area contributed by atoms with Gasteiger partial charge in [0.05, 0.1) is 6.04 Å². The minimum atomic E-state index is 0.228. The van der Waals surface area contributed by atoms with Crippen molar-refractivity contribution in [2.75, 3.05) is 26.2 Å². The fourth-order valence-corrected chi connectivity index (χ4v) is 3.87. The summed E-state index contributed by atoms with van der Waals surface area (Å²) in [5, 5.41) is 0. The van der Waals surface area contributed by atoms with Crippen molar-refractivity contribution in [1.82, 2.24) is 9.80 Å². The molecule has 3 rings (SSSR count). The van der Waals surface area contributed by atoms with Gasteiger partial charge >= 0.3 is 0 Å². The normalized spacial score (nSPS) is 16.7. The molecule has 0 bridgehead atoms. The average Bonchev–Trinajstić information content (AvgIpc) is 2.64. The van der Waals surface area contributed by atoms with E-state index in [9.17, 15) is 4.79 Å². The van der Waals surface area contributed by atoms with Gasteiger partial charge in [-0.25, -0.2) is 0 Å². The second-order valence-electron chi connectivity index (χ2n) is 7.38.